The lowest BCUT2D eigenvalue weighted by Gasteiger charge is -2.46. The van der Waals surface area contributed by atoms with Crippen molar-refractivity contribution in [1.29, 1.82) is 0 Å². The number of likely N-dealkylation sites (N-methyl/N-ethyl adjacent to an activating group) is 1. The van der Waals surface area contributed by atoms with Gasteiger partial charge >= 0.3 is 0 Å². The fourth-order valence-corrected chi connectivity index (χ4v) is 2.98. The number of rotatable bonds is 11. The van der Waals surface area contributed by atoms with E-state index in [0.717, 1.165) is 26.1 Å². The predicted octanol–water partition coefficient (Wildman–Crippen LogP) is 4.22. The van der Waals surface area contributed by atoms with Crippen LogP contribution in [0.5, 0.6) is 0 Å². The van der Waals surface area contributed by atoms with E-state index in [9.17, 15) is 0 Å². The van der Waals surface area contributed by atoms with Crippen LogP contribution < -0.4 is 5.32 Å². The average Bonchev–Trinajstić information content (AvgIpc) is 2.39. The first kappa shape index (κ1) is 18.7. The molecule has 0 saturated heterocycles. The Labute approximate surface area is 121 Å². The van der Waals surface area contributed by atoms with Crippen LogP contribution in [0.4, 0.5) is 0 Å². The summed E-state index contributed by atoms with van der Waals surface area (Å²) in [5, 5.41) is 3.78. The molecule has 0 fully saturated rings. The van der Waals surface area contributed by atoms with E-state index in [2.05, 4.69) is 58.3 Å². The van der Waals surface area contributed by atoms with Crippen molar-refractivity contribution in [3.8, 4) is 0 Å². The monoisotopic (exact) mass is 268 g/mol. The Morgan fingerprint density at radius 1 is 1.21 bits per heavy atom. The van der Waals surface area contributed by atoms with Crippen molar-refractivity contribution in [3.63, 3.8) is 0 Å². The van der Waals surface area contributed by atoms with Gasteiger partial charge in [-0.2, -0.15) is 0 Å². The Kier molecular flexibility index (Phi) is 9.38. The molecule has 2 unspecified atom stereocenters. The Balaban J connectivity index is 4.95. The van der Waals surface area contributed by atoms with Crippen molar-refractivity contribution in [1.82, 2.24) is 10.2 Å². The molecule has 2 nitrogen and oxygen atoms in total. The van der Waals surface area contributed by atoms with Gasteiger partial charge in [-0.3, -0.25) is 4.90 Å². The van der Waals surface area contributed by atoms with Crippen LogP contribution >= 0.6 is 0 Å². The van der Waals surface area contributed by atoms with Gasteiger partial charge in [-0.25, -0.2) is 0 Å². The van der Waals surface area contributed by atoms with Gasteiger partial charge in [0.05, 0.1) is 0 Å². The molecule has 0 heterocycles. The zero-order chi connectivity index (χ0) is 14.9. The lowest BCUT2D eigenvalue weighted by molar-refractivity contribution is 0.0668. The van der Waals surface area contributed by atoms with Crippen molar-refractivity contribution in [2.75, 3.05) is 19.6 Å². The molecule has 2 heteroatoms. The molecule has 0 aromatic rings. The summed E-state index contributed by atoms with van der Waals surface area (Å²) < 4.78 is 0. The van der Waals surface area contributed by atoms with E-state index in [1.165, 1.54) is 24.8 Å². The summed E-state index contributed by atoms with van der Waals surface area (Å²) in [7, 11) is 0. The first-order chi connectivity index (χ1) is 8.96. The van der Waals surface area contributed by atoms with Crippen LogP contribution in [0.3, 0.4) is 0 Å². The molecule has 0 spiro atoms. The third-order valence-corrected chi connectivity index (χ3v) is 4.45. The highest BCUT2D eigenvalue weighted by atomic mass is 15.2. The number of hydrogen-bond donors (Lipinski definition) is 1. The van der Waals surface area contributed by atoms with Crippen LogP contribution in [-0.2, 0) is 0 Å². The molecule has 0 aromatic heterocycles. The van der Waals surface area contributed by atoms with Crippen LogP contribution in [0.25, 0.3) is 0 Å². The van der Waals surface area contributed by atoms with Crippen LogP contribution in [-0.4, -0.2) is 36.1 Å². The topological polar surface area (TPSA) is 15.3 Å². The largest absolute Gasteiger partial charge is 0.312 e. The second-order valence-electron chi connectivity index (χ2n) is 5.89. The van der Waals surface area contributed by atoms with Crippen molar-refractivity contribution in [2.24, 2.45) is 0 Å². The van der Waals surface area contributed by atoms with Gasteiger partial charge in [-0.15, -0.1) is 6.58 Å². The van der Waals surface area contributed by atoms with E-state index >= 15 is 0 Å². The molecule has 0 aromatic carbocycles. The van der Waals surface area contributed by atoms with E-state index in [1.807, 2.05) is 0 Å². The highest BCUT2D eigenvalue weighted by molar-refractivity contribution is 4.99. The highest BCUT2D eigenvalue weighted by Crippen LogP contribution is 2.27. The Bertz CT molecular complexity index is 246. The molecule has 0 bridgehead atoms. The molecule has 2 atom stereocenters. The first-order valence-corrected chi connectivity index (χ1v) is 8.08. The molecule has 0 amide bonds. The standard InChI is InChI=1S/C17H36N2/c1-8-14-18-16(13-12-15(5)6)17(7,9-2)19(10-3)11-4/h16,18H,5,8-14H2,1-4,6-7H3. The fourth-order valence-electron chi connectivity index (χ4n) is 2.98. The number of nitrogens with zero attached hydrogens (tertiary/aromatic N) is 1. The maximum Gasteiger partial charge on any atom is 0.0331 e. The number of nitrogens with one attached hydrogen (secondary N) is 1. The summed E-state index contributed by atoms with van der Waals surface area (Å²) in [6.45, 7) is 21.1. The second kappa shape index (κ2) is 9.55. The van der Waals surface area contributed by atoms with Crippen molar-refractivity contribution < 1.29 is 0 Å². The maximum absolute atomic E-state index is 4.06. The Hall–Kier alpha value is -0.340. The van der Waals surface area contributed by atoms with Gasteiger partial charge in [0.1, 0.15) is 0 Å². The molecule has 19 heavy (non-hydrogen) atoms. The Morgan fingerprint density at radius 2 is 1.79 bits per heavy atom. The fraction of sp³-hybridized carbons (Fsp3) is 0.882. The molecular formula is C17H36N2. The van der Waals surface area contributed by atoms with Crippen LogP contribution in [0, 0.1) is 0 Å². The molecule has 0 radical (unpaired) electrons. The minimum absolute atomic E-state index is 0.244. The van der Waals surface area contributed by atoms with Crippen molar-refractivity contribution >= 4 is 0 Å². The normalized spacial score (nSPS) is 16.4. The van der Waals surface area contributed by atoms with Gasteiger partial charge < -0.3 is 5.32 Å². The molecule has 1 N–H and O–H groups in total. The Morgan fingerprint density at radius 3 is 2.16 bits per heavy atom. The second-order valence-corrected chi connectivity index (χ2v) is 5.89. The minimum atomic E-state index is 0.244. The molecule has 0 rings (SSSR count). The van der Waals surface area contributed by atoms with Crippen molar-refractivity contribution in [3.05, 3.63) is 12.2 Å². The van der Waals surface area contributed by atoms with E-state index in [4.69, 9.17) is 0 Å². The minimum Gasteiger partial charge on any atom is -0.312 e. The van der Waals surface area contributed by atoms with E-state index < -0.39 is 0 Å². The maximum atomic E-state index is 4.06. The number of hydrogen-bond acceptors (Lipinski definition) is 2. The molecule has 0 aliphatic carbocycles. The first-order valence-electron chi connectivity index (χ1n) is 8.08. The van der Waals surface area contributed by atoms with E-state index in [-0.39, 0.29) is 5.54 Å². The molecule has 114 valence electrons. The van der Waals surface area contributed by atoms with Gasteiger partial charge in [-0.05, 0) is 59.2 Å². The molecule has 0 aliphatic heterocycles. The van der Waals surface area contributed by atoms with Crippen LogP contribution in [0.2, 0.25) is 0 Å². The summed E-state index contributed by atoms with van der Waals surface area (Å²) in [5.74, 6) is 0. The lowest BCUT2D eigenvalue weighted by atomic mass is 9.83. The van der Waals surface area contributed by atoms with E-state index in [0.29, 0.717) is 6.04 Å². The van der Waals surface area contributed by atoms with Gasteiger partial charge in [-0.1, -0.05) is 33.3 Å². The zero-order valence-electron chi connectivity index (χ0n) is 14.2. The summed E-state index contributed by atoms with van der Waals surface area (Å²) in [6, 6.07) is 0.550. The quantitative estimate of drug-likeness (QED) is 0.564. The summed E-state index contributed by atoms with van der Waals surface area (Å²) >= 11 is 0. The predicted molar refractivity (Wildman–Crippen MR) is 87.7 cm³/mol. The zero-order valence-corrected chi connectivity index (χ0v) is 14.2. The summed E-state index contributed by atoms with van der Waals surface area (Å²) in [6.07, 6.45) is 4.70. The average molecular weight is 268 g/mol. The van der Waals surface area contributed by atoms with Gasteiger partial charge in [0, 0.05) is 11.6 Å². The van der Waals surface area contributed by atoms with Gasteiger partial charge in [0.15, 0.2) is 0 Å². The van der Waals surface area contributed by atoms with Gasteiger partial charge in [0.25, 0.3) is 0 Å². The summed E-state index contributed by atoms with van der Waals surface area (Å²) in [4.78, 5) is 2.61. The van der Waals surface area contributed by atoms with Crippen molar-refractivity contribution in [2.45, 2.75) is 78.8 Å². The SMILES string of the molecule is C=C(C)CCC(NCCC)C(C)(CC)N(CC)CC. The van der Waals surface area contributed by atoms with Gasteiger partial charge in [0.2, 0.25) is 0 Å². The smallest absolute Gasteiger partial charge is 0.0331 e. The third-order valence-electron chi connectivity index (χ3n) is 4.45. The molecule has 0 aliphatic rings. The van der Waals surface area contributed by atoms with Crippen LogP contribution in [0.15, 0.2) is 12.2 Å². The summed E-state index contributed by atoms with van der Waals surface area (Å²) in [5.41, 5.74) is 1.54. The number of allylic oxidation sites excluding steroid dienone is 1. The van der Waals surface area contributed by atoms with Crippen LogP contribution in [0.1, 0.15) is 67.2 Å². The highest BCUT2D eigenvalue weighted by Gasteiger charge is 2.36. The lowest BCUT2D eigenvalue weighted by Crippen LogP contribution is -2.59. The third kappa shape index (κ3) is 5.66. The molecule has 0 saturated carbocycles. The van der Waals surface area contributed by atoms with E-state index in [1.54, 1.807) is 0 Å². The molecular weight excluding hydrogens is 232 g/mol.